The van der Waals surface area contributed by atoms with Gasteiger partial charge in [0.05, 0.1) is 11.0 Å². The summed E-state index contributed by atoms with van der Waals surface area (Å²) in [6.07, 6.45) is 0. The fraction of sp³-hybridized carbons (Fsp3) is 0.462. The molecular weight excluding hydrogens is 296 g/mol. The summed E-state index contributed by atoms with van der Waals surface area (Å²) < 4.78 is 0. The van der Waals surface area contributed by atoms with Gasteiger partial charge in [0.1, 0.15) is 12.1 Å². The largest absolute Gasteiger partial charge is 0.480 e. The van der Waals surface area contributed by atoms with E-state index in [0.29, 0.717) is 5.00 Å². The number of hydrogen-bond donors (Lipinski definition) is 3. The molecule has 0 aliphatic carbocycles. The van der Waals surface area contributed by atoms with Crippen molar-refractivity contribution in [2.75, 3.05) is 4.90 Å². The van der Waals surface area contributed by atoms with Crippen LogP contribution in [0.1, 0.15) is 20.8 Å². The lowest BCUT2D eigenvalue weighted by atomic mass is 10.2. The summed E-state index contributed by atoms with van der Waals surface area (Å²) >= 11 is 1.25. The van der Waals surface area contributed by atoms with Crippen LogP contribution in [0.25, 0.3) is 0 Å². The van der Waals surface area contributed by atoms with Crippen LogP contribution < -0.4 is 10.2 Å². The highest BCUT2D eigenvalue weighted by Gasteiger charge is 2.32. The second kappa shape index (κ2) is 7.19. The molecule has 3 atom stereocenters. The predicted octanol–water partition coefficient (Wildman–Crippen LogP) is 1.01. The molecule has 8 heteroatoms. The molecule has 1 amide bonds. The standard InChI is InChI=1S/C13H18N2O5S/c1-7(14-8(2)12(17)18)11(16)15(9(3)13(19)20)10-5-4-6-21-10/h4-9,14H,1-3H3,(H,17,18)(H,19,20)/t7-,8?,9-/m0/s1. The number of hydrogen-bond acceptors (Lipinski definition) is 5. The van der Waals surface area contributed by atoms with Gasteiger partial charge in [-0.1, -0.05) is 0 Å². The number of amides is 1. The van der Waals surface area contributed by atoms with Gasteiger partial charge in [0, 0.05) is 0 Å². The second-order valence-corrected chi connectivity index (χ2v) is 5.55. The van der Waals surface area contributed by atoms with Gasteiger partial charge >= 0.3 is 11.9 Å². The van der Waals surface area contributed by atoms with E-state index in [2.05, 4.69) is 5.32 Å². The molecule has 7 nitrogen and oxygen atoms in total. The molecule has 0 spiro atoms. The number of thiophene rings is 1. The molecule has 1 unspecified atom stereocenters. The Morgan fingerprint density at radius 2 is 1.76 bits per heavy atom. The first-order valence-corrected chi connectivity index (χ1v) is 7.22. The lowest BCUT2D eigenvalue weighted by Crippen LogP contribution is -2.53. The molecular formula is C13H18N2O5S. The van der Waals surface area contributed by atoms with Crippen molar-refractivity contribution in [3.63, 3.8) is 0 Å². The van der Waals surface area contributed by atoms with Gasteiger partial charge < -0.3 is 10.2 Å². The molecule has 0 fully saturated rings. The smallest absolute Gasteiger partial charge is 0.326 e. The van der Waals surface area contributed by atoms with Crippen LogP contribution in [0.2, 0.25) is 0 Å². The van der Waals surface area contributed by atoms with Crippen LogP contribution in [0, 0.1) is 0 Å². The van der Waals surface area contributed by atoms with E-state index in [1.165, 1.54) is 37.0 Å². The van der Waals surface area contributed by atoms with E-state index in [1.807, 2.05) is 0 Å². The van der Waals surface area contributed by atoms with E-state index in [-0.39, 0.29) is 0 Å². The summed E-state index contributed by atoms with van der Waals surface area (Å²) in [5.41, 5.74) is 0. The molecule has 0 aromatic carbocycles. The SMILES string of the molecule is CC(N[C@@H](C)C(=O)N(c1cccs1)[C@@H](C)C(=O)O)C(=O)O. The van der Waals surface area contributed by atoms with E-state index < -0.39 is 36.0 Å². The number of anilines is 1. The number of carboxylic acid groups (broad SMARTS) is 2. The van der Waals surface area contributed by atoms with Gasteiger partial charge in [-0.2, -0.15) is 0 Å². The van der Waals surface area contributed by atoms with Gasteiger partial charge in [0.2, 0.25) is 5.91 Å². The molecule has 1 rings (SSSR count). The molecule has 0 aliphatic rings. The van der Waals surface area contributed by atoms with E-state index in [9.17, 15) is 14.4 Å². The normalized spacial score (nSPS) is 15.0. The highest BCUT2D eigenvalue weighted by atomic mass is 32.1. The second-order valence-electron chi connectivity index (χ2n) is 4.62. The zero-order valence-corrected chi connectivity index (χ0v) is 12.8. The van der Waals surface area contributed by atoms with Crippen molar-refractivity contribution in [2.24, 2.45) is 0 Å². The van der Waals surface area contributed by atoms with Crippen molar-refractivity contribution in [2.45, 2.75) is 38.9 Å². The minimum Gasteiger partial charge on any atom is -0.480 e. The third kappa shape index (κ3) is 4.27. The molecule has 0 bridgehead atoms. The van der Waals surface area contributed by atoms with Gasteiger partial charge in [0.15, 0.2) is 0 Å². The Labute approximate surface area is 126 Å². The van der Waals surface area contributed by atoms with Crippen LogP contribution in [0.5, 0.6) is 0 Å². The first-order valence-electron chi connectivity index (χ1n) is 6.34. The topological polar surface area (TPSA) is 107 Å². The summed E-state index contributed by atoms with van der Waals surface area (Å²) in [6.45, 7) is 4.34. The van der Waals surface area contributed by atoms with Crippen LogP contribution in [0.4, 0.5) is 5.00 Å². The van der Waals surface area contributed by atoms with Crippen molar-refractivity contribution in [3.05, 3.63) is 17.5 Å². The molecule has 1 aromatic rings. The molecule has 116 valence electrons. The first-order chi connectivity index (χ1) is 9.75. The van der Waals surface area contributed by atoms with Crippen molar-refractivity contribution in [1.29, 1.82) is 0 Å². The molecule has 0 aliphatic heterocycles. The van der Waals surface area contributed by atoms with Gasteiger partial charge in [-0.05, 0) is 38.3 Å². The molecule has 1 aromatic heterocycles. The van der Waals surface area contributed by atoms with Crippen molar-refractivity contribution in [3.8, 4) is 0 Å². The highest BCUT2D eigenvalue weighted by Crippen LogP contribution is 2.24. The van der Waals surface area contributed by atoms with E-state index >= 15 is 0 Å². The van der Waals surface area contributed by atoms with Crippen LogP contribution in [0.3, 0.4) is 0 Å². The van der Waals surface area contributed by atoms with Crippen LogP contribution in [-0.4, -0.2) is 46.2 Å². The van der Waals surface area contributed by atoms with Crippen LogP contribution in [0.15, 0.2) is 17.5 Å². The maximum absolute atomic E-state index is 12.5. The van der Waals surface area contributed by atoms with E-state index in [0.717, 1.165) is 0 Å². The summed E-state index contributed by atoms with van der Waals surface area (Å²) in [7, 11) is 0. The van der Waals surface area contributed by atoms with Crippen molar-refractivity contribution in [1.82, 2.24) is 5.32 Å². The molecule has 0 saturated heterocycles. The first kappa shape index (κ1) is 17.1. The highest BCUT2D eigenvalue weighted by molar-refractivity contribution is 7.14. The Morgan fingerprint density at radius 1 is 1.14 bits per heavy atom. The minimum absolute atomic E-state index is 0.486. The third-order valence-corrected chi connectivity index (χ3v) is 3.83. The molecule has 21 heavy (non-hydrogen) atoms. The lowest BCUT2D eigenvalue weighted by Gasteiger charge is -2.28. The molecule has 0 saturated carbocycles. The minimum atomic E-state index is -1.13. The maximum atomic E-state index is 12.5. The number of nitrogens with zero attached hydrogens (tertiary/aromatic N) is 1. The maximum Gasteiger partial charge on any atom is 0.326 e. The number of carboxylic acids is 2. The van der Waals surface area contributed by atoms with Crippen LogP contribution in [-0.2, 0) is 14.4 Å². The lowest BCUT2D eigenvalue weighted by molar-refractivity contribution is -0.141. The predicted molar refractivity (Wildman–Crippen MR) is 78.6 cm³/mol. The third-order valence-electron chi connectivity index (χ3n) is 2.97. The van der Waals surface area contributed by atoms with Gasteiger partial charge in [0.25, 0.3) is 0 Å². The van der Waals surface area contributed by atoms with Crippen molar-refractivity contribution >= 4 is 34.2 Å². The molecule has 0 radical (unpaired) electrons. The van der Waals surface area contributed by atoms with Crippen LogP contribution >= 0.6 is 11.3 Å². The van der Waals surface area contributed by atoms with Gasteiger partial charge in [-0.15, -0.1) is 11.3 Å². The zero-order chi connectivity index (χ0) is 16.2. The molecule has 1 heterocycles. The quantitative estimate of drug-likeness (QED) is 0.693. The summed E-state index contributed by atoms with van der Waals surface area (Å²) in [5, 5.41) is 22.9. The summed E-state index contributed by atoms with van der Waals surface area (Å²) in [6, 6.07) is 0.595. The number of rotatable bonds is 7. The molecule has 3 N–H and O–H groups in total. The van der Waals surface area contributed by atoms with Gasteiger partial charge in [-0.25, -0.2) is 4.79 Å². The average molecular weight is 314 g/mol. The number of aliphatic carboxylic acids is 2. The van der Waals surface area contributed by atoms with E-state index in [4.69, 9.17) is 10.2 Å². The van der Waals surface area contributed by atoms with Gasteiger partial charge in [-0.3, -0.25) is 19.8 Å². The Kier molecular flexibility index (Phi) is 5.86. The Hall–Kier alpha value is -1.93. The number of nitrogens with one attached hydrogen (secondary N) is 1. The number of carbonyl (C=O) groups excluding carboxylic acids is 1. The fourth-order valence-electron chi connectivity index (χ4n) is 1.73. The number of carbonyl (C=O) groups is 3. The summed E-state index contributed by atoms with van der Waals surface area (Å²) in [4.78, 5) is 35.6. The monoisotopic (exact) mass is 314 g/mol. The Bertz CT molecular complexity index is 517. The average Bonchev–Trinajstić information content (AvgIpc) is 2.91. The van der Waals surface area contributed by atoms with Crippen molar-refractivity contribution < 1.29 is 24.6 Å². The Balaban J connectivity index is 2.96. The Morgan fingerprint density at radius 3 is 2.19 bits per heavy atom. The van der Waals surface area contributed by atoms with E-state index in [1.54, 1.807) is 17.5 Å². The summed E-state index contributed by atoms with van der Waals surface area (Å²) in [5.74, 6) is -2.70. The zero-order valence-electron chi connectivity index (χ0n) is 11.9. The fourth-order valence-corrected chi connectivity index (χ4v) is 2.55.